The summed E-state index contributed by atoms with van der Waals surface area (Å²) >= 11 is 3.40. The quantitative estimate of drug-likeness (QED) is 0.144. The first kappa shape index (κ1) is 42.9. The molecule has 0 bridgehead atoms. The molecular weight excluding hydrogens is 825 g/mol. The summed E-state index contributed by atoms with van der Waals surface area (Å²) in [4.78, 5) is 35.8. The minimum absolute atomic E-state index is 0.0529. The van der Waals surface area contributed by atoms with Crippen LogP contribution in [0.1, 0.15) is 37.4 Å². The maximum atomic E-state index is 14.6. The van der Waals surface area contributed by atoms with E-state index < -0.39 is 29.2 Å². The average Bonchev–Trinajstić information content (AvgIpc) is 3.22. The van der Waals surface area contributed by atoms with E-state index in [1.807, 2.05) is 12.1 Å². The molecular formula is C38H41BrF5N7O6. The van der Waals surface area contributed by atoms with Gasteiger partial charge in [-0.2, -0.15) is 18.2 Å². The number of anilines is 4. The Hall–Kier alpha value is -5.27. The Kier molecular flexibility index (Phi) is 14.5. The number of nitrogens with one attached hydrogen (secondary N) is 3. The van der Waals surface area contributed by atoms with Gasteiger partial charge in [-0.05, 0) is 64.8 Å². The first-order chi connectivity index (χ1) is 27.2. The van der Waals surface area contributed by atoms with E-state index in [1.165, 1.54) is 19.2 Å². The molecule has 0 atom stereocenters. The maximum Gasteiger partial charge on any atom is 0.421 e. The van der Waals surface area contributed by atoms with Crippen LogP contribution in [0.15, 0.2) is 53.1 Å². The molecule has 0 saturated carbocycles. The number of alkyl halides is 3. The van der Waals surface area contributed by atoms with Crippen LogP contribution in [0.3, 0.4) is 0 Å². The number of morpholine rings is 2. The fourth-order valence-electron chi connectivity index (χ4n) is 5.88. The van der Waals surface area contributed by atoms with E-state index >= 15 is 0 Å². The summed E-state index contributed by atoms with van der Waals surface area (Å²) in [6, 6.07) is 10.8. The Bertz CT molecular complexity index is 2060. The Morgan fingerprint density at radius 3 is 2.04 bits per heavy atom. The van der Waals surface area contributed by atoms with Crippen LogP contribution in [-0.4, -0.2) is 105 Å². The van der Waals surface area contributed by atoms with Crippen LogP contribution in [0.25, 0.3) is 0 Å². The molecule has 19 heteroatoms. The van der Waals surface area contributed by atoms with Gasteiger partial charge in [0.05, 0.1) is 57.6 Å². The molecule has 0 unspecified atom stereocenters. The van der Waals surface area contributed by atoms with Crippen molar-refractivity contribution in [1.29, 1.82) is 0 Å². The van der Waals surface area contributed by atoms with E-state index in [0.29, 0.717) is 98.1 Å². The third-order valence-corrected chi connectivity index (χ3v) is 9.63. The molecule has 1 aromatic heterocycles. The van der Waals surface area contributed by atoms with Crippen molar-refractivity contribution in [1.82, 2.24) is 19.8 Å². The van der Waals surface area contributed by atoms with Crippen LogP contribution in [0.2, 0.25) is 0 Å². The molecule has 13 nitrogen and oxygen atoms in total. The van der Waals surface area contributed by atoms with Crippen LogP contribution in [-0.2, 0) is 22.2 Å². The summed E-state index contributed by atoms with van der Waals surface area (Å²) in [5, 5.41) is 7.97. The Morgan fingerprint density at radius 2 is 1.46 bits per heavy atom. The SMILES string of the molecule is CNc1nc(Nc2cc(C)c(C(=O)N3CCOCC3)cc2F)ncc1C(F)(F)F.COc1ccc(CNc2cc(Br)c(C(=O)N3CCOCC3)cc2F)c(OC)c1. The number of aromatic nitrogens is 2. The molecule has 2 saturated heterocycles. The van der Waals surface area contributed by atoms with Crippen molar-refractivity contribution in [3.63, 3.8) is 0 Å². The lowest BCUT2D eigenvalue weighted by Crippen LogP contribution is -2.41. The second-order valence-electron chi connectivity index (χ2n) is 12.6. The van der Waals surface area contributed by atoms with E-state index in [9.17, 15) is 31.5 Å². The van der Waals surface area contributed by atoms with Gasteiger partial charge in [-0.1, -0.05) is 0 Å². The summed E-state index contributed by atoms with van der Waals surface area (Å²) in [6.45, 7) is 5.69. The lowest BCUT2D eigenvalue weighted by Gasteiger charge is -2.27. The lowest BCUT2D eigenvalue weighted by molar-refractivity contribution is -0.137. The van der Waals surface area contributed by atoms with Gasteiger partial charge >= 0.3 is 6.18 Å². The molecule has 57 heavy (non-hydrogen) atoms. The highest BCUT2D eigenvalue weighted by atomic mass is 79.9. The number of methoxy groups -OCH3 is 2. The van der Waals surface area contributed by atoms with Crippen molar-refractivity contribution in [2.45, 2.75) is 19.6 Å². The number of amides is 2. The smallest absolute Gasteiger partial charge is 0.421 e. The number of carbonyl (C=O) groups is 2. The molecule has 4 aromatic rings. The zero-order chi connectivity index (χ0) is 41.3. The normalized spacial score (nSPS) is 14.3. The summed E-state index contributed by atoms with van der Waals surface area (Å²) in [5.74, 6) is -1.09. The van der Waals surface area contributed by atoms with Crippen LogP contribution in [0.5, 0.6) is 11.5 Å². The highest BCUT2D eigenvalue weighted by Crippen LogP contribution is 2.34. The second kappa shape index (κ2) is 19.3. The third-order valence-electron chi connectivity index (χ3n) is 8.97. The third kappa shape index (κ3) is 10.8. The predicted octanol–water partition coefficient (Wildman–Crippen LogP) is 6.89. The zero-order valence-electron chi connectivity index (χ0n) is 31.5. The number of halogens is 6. The van der Waals surface area contributed by atoms with Crippen molar-refractivity contribution in [2.24, 2.45) is 0 Å². The average molecular weight is 867 g/mol. The first-order valence-corrected chi connectivity index (χ1v) is 18.4. The summed E-state index contributed by atoms with van der Waals surface area (Å²) < 4.78 is 89.6. The Labute approximate surface area is 334 Å². The lowest BCUT2D eigenvalue weighted by atomic mass is 10.1. The number of benzene rings is 3. The number of carbonyl (C=O) groups excluding carboxylic acids is 2. The fourth-order valence-corrected chi connectivity index (χ4v) is 6.39. The Morgan fingerprint density at radius 1 is 0.860 bits per heavy atom. The van der Waals surface area contributed by atoms with Crippen LogP contribution < -0.4 is 25.4 Å². The van der Waals surface area contributed by atoms with E-state index in [0.717, 1.165) is 11.6 Å². The largest absolute Gasteiger partial charge is 0.497 e. The molecule has 0 aliphatic carbocycles. The van der Waals surface area contributed by atoms with Crippen LogP contribution in [0.4, 0.5) is 45.1 Å². The minimum Gasteiger partial charge on any atom is -0.497 e. The van der Waals surface area contributed by atoms with Crippen molar-refractivity contribution >= 4 is 50.9 Å². The molecule has 2 amide bonds. The Balaban J connectivity index is 0.000000218. The number of hydrogen-bond acceptors (Lipinski definition) is 11. The molecule has 0 radical (unpaired) electrons. The van der Waals surface area contributed by atoms with E-state index in [1.54, 1.807) is 43.1 Å². The van der Waals surface area contributed by atoms with E-state index in [4.69, 9.17) is 18.9 Å². The van der Waals surface area contributed by atoms with Crippen LogP contribution >= 0.6 is 15.9 Å². The molecule has 2 fully saturated rings. The highest BCUT2D eigenvalue weighted by Gasteiger charge is 2.35. The monoisotopic (exact) mass is 865 g/mol. The number of aryl methyl sites for hydroxylation is 1. The van der Waals surface area contributed by atoms with Gasteiger partial charge < -0.3 is 44.7 Å². The van der Waals surface area contributed by atoms with Gasteiger partial charge in [0.25, 0.3) is 11.8 Å². The molecule has 2 aliphatic heterocycles. The number of ether oxygens (including phenoxy) is 4. The van der Waals surface area contributed by atoms with Gasteiger partial charge in [0.2, 0.25) is 5.95 Å². The summed E-state index contributed by atoms with van der Waals surface area (Å²) in [7, 11) is 4.44. The summed E-state index contributed by atoms with van der Waals surface area (Å²) in [5.41, 5.74) is 1.07. The maximum absolute atomic E-state index is 14.6. The van der Waals surface area contributed by atoms with Gasteiger partial charge in [0.1, 0.15) is 34.5 Å². The molecule has 0 spiro atoms. The molecule has 3 N–H and O–H groups in total. The van der Waals surface area contributed by atoms with E-state index in [-0.39, 0.29) is 29.0 Å². The number of rotatable bonds is 10. The van der Waals surface area contributed by atoms with Crippen molar-refractivity contribution in [3.05, 3.63) is 92.6 Å². The van der Waals surface area contributed by atoms with Crippen molar-refractivity contribution < 1.29 is 50.5 Å². The van der Waals surface area contributed by atoms with Gasteiger partial charge in [0, 0.05) is 67.6 Å². The zero-order valence-corrected chi connectivity index (χ0v) is 33.1. The summed E-state index contributed by atoms with van der Waals surface area (Å²) in [6.07, 6.45) is -4.01. The van der Waals surface area contributed by atoms with Crippen molar-refractivity contribution in [3.8, 4) is 11.5 Å². The van der Waals surface area contributed by atoms with Crippen molar-refractivity contribution in [2.75, 3.05) is 89.8 Å². The van der Waals surface area contributed by atoms with Gasteiger partial charge in [-0.3, -0.25) is 9.59 Å². The number of hydrogen-bond donors (Lipinski definition) is 3. The highest BCUT2D eigenvalue weighted by molar-refractivity contribution is 9.10. The molecule has 3 heterocycles. The van der Waals surface area contributed by atoms with E-state index in [2.05, 4.69) is 41.8 Å². The standard InChI is InChI=1S/C20H22BrFN2O4.C18H19F4N5O2/c1-26-14-4-3-13(19(9-14)27-2)12-23-18-11-16(21)15(10-17(18)22)20(25)24-5-7-28-8-6-24;1-10-7-14(13(19)8-11(10)16(28)27-3-5-29-6-4-27)25-17-24-9-12(18(20,21)22)15(23-2)26-17/h3-4,9-11,23H,5-8,12H2,1-2H3;7-9H,3-6H2,1-2H3,(H2,23,24,25,26). The van der Waals surface area contributed by atoms with Gasteiger partial charge in [-0.15, -0.1) is 0 Å². The minimum atomic E-state index is -4.62. The topological polar surface area (TPSA) is 139 Å². The number of nitrogens with zero attached hydrogens (tertiary/aromatic N) is 4. The molecule has 3 aromatic carbocycles. The molecule has 6 rings (SSSR count). The molecule has 306 valence electrons. The second-order valence-corrected chi connectivity index (χ2v) is 13.5. The molecule has 2 aliphatic rings. The van der Waals surface area contributed by atoms with Gasteiger partial charge in [-0.25, -0.2) is 13.8 Å². The first-order valence-electron chi connectivity index (χ1n) is 17.6. The predicted molar refractivity (Wildman–Crippen MR) is 205 cm³/mol. The van der Waals surface area contributed by atoms with Crippen LogP contribution in [0, 0.1) is 18.6 Å². The van der Waals surface area contributed by atoms with Gasteiger partial charge in [0.15, 0.2) is 0 Å². The fraction of sp³-hybridized carbons (Fsp3) is 0.368.